The summed E-state index contributed by atoms with van der Waals surface area (Å²) < 4.78 is 0. The first-order chi connectivity index (χ1) is 27.7. The summed E-state index contributed by atoms with van der Waals surface area (Å²) in [7, 11) is 0. The smallest absolute Gasteiger partial charge is 0.164 e. The largest absolute Gasteiger partial charge is 0.256 e. The maximum atomic E-state index is 5.26. The van der Waals surface area contributed by atoms with E-state index in [9.17, 15) is 0 Å². The van der Waals surface area contributed by atoms with Crippen molar-refractivity contribution in [1.82, 2.24) is 19.9 Å². The molecule has 9 aromatic carbocycles. The van der Waals surface area contributed by atoms with Crippen molar-refractivity contribution in [1.29, 1.82) is 0 Å². The van der Waals surface area contributed by atoms with Crippen LogP contribution in [-0.4, -0.2) is 19.9 Å². The van der Waals surface area contributed by atoms with Crippen molar-refractivity contribution in [2.45, 2.75) is 0 Å². The second-order valence-corrected chi connectivity index (χ2v) is 14.3. The van der Waals surface area contributed by atoms with E-state index < -0.39 is 0 Å². The topological polar surface area (TPSA) is 51.6 Å². The van der Waals surface area contributed by atoms with Gasteiger partial charge in [0.15, 0.2) is 17.5 Å². The van der Waals surface area contributed by atoms with Crippen LogP contribution in [0.25, 0.3) is 110 Å². The Hall–Kier alpha value is -7.56. The first-order valence-corrected chi connectivity index (χ1v) is 18.9. The van der Waals surface area contributed by atoms with Gasteiger partial charge in [0.25, 0.3) is 0 Å². The van der Waals surface area contributed by atoms with Crippen LogP contribution in [0, 0.1) is 0 Å². The molecule has 0 spiro atoms. The third-order valence-electron chi connectivity index (χ3n) is 10.9. The Balaban J connectivity index is 1.22. The van der Waals surface area contributed by atoms with Crippen molar-refractivity contribution in [2.24, 2.45) is 0 Å². The zero-order valence-corrected chi connectivity index (χ0v) is 30.3. The molecule has 2 aromatic heterocycles. The molecule has 0 aliphatic carbocycles. The molecule has 0 bridgehead atoms. The standard InChI is InChI=1S/C52H32N4/c1-2-13-33(14-3-1)50-54-51(37-24-25-49-36(27-37)17-12-26-53-49)56-52(55-50)40-29-38(47-31-34-15-4-6-18-41(34)43-20-8-10-22-45(43)47)28-39(30-40)48-32-35-16-5-7-19-42(35)44-21-9-11-23-46(44)48/h1-32H. The van der Waals surface area contributed by atoms with Crippen LogP contribution in [0.5, 0.6) is 0 Å². The molecule has 0 amide bonds. The fourth-order valence-corrected chi connectivity index (χ4v) is 8.22. The quantitative estimate of drug-likeness (QED) is 0.167. The Morgan fingerprint density at radius 3 is 1.34 bits per heavy atom. The molecular formula is C52H32N4. The highest BCUT2D eigenvalue weighted by Gasteiger charge is 2.18. The van der Waals surface area contributed by atoms with Gasteiger partial charge in [-0.05, 0) is 120 Å². The molecule has 2 heterocycles. The number of hydrogen-bond acceptors (Lipinski definition) is 4. The van der Waals surface area contributed by atoms with Crippen LogP contribution in [0.15, 0.2) is 194 Å². The van der Waals surface area contributed by atoms with Crippen LogP contribution >= 0.6 is 0 Å². The summed E-state index contributed by atoms with van der Waals surface area (Å²) >= 11 is 0. The van der Waals surface area contributed by atoms with E-state index in [-0.39, 0.29) is 0 Å². The zero-order chi connectivity index (χ0) is 37.0. The molecule has 0 saturated carbocycles. The molecule has 0 aliphatic heterocycles. The van der Waals surface area contributed by atoms with E-state index >= 15 is 0 Å². The Morgan fingerprint density at radius 1 is 0.268 bits per heavy atom. The molecule has 11 aromatic rings. The number of rotatable bonds is 5. The monoisotopic (exact) mass is 712 g/mol. The molecule has 0 fully saturated rings. The third kappa shape index (κ3) is 5.47. The van der Waals surface area contributed by atoms with Gasteiger partial charge in [-0.1, -0.05) is 133 Å². The lowest BCUT2D eigenvalue weighted by molar-refractivity contribution is 1.07. The number of nitrogens with zero attached hydrogens (tertiary/aromatic N) is 4. The highest BCUT2D eigenvalue weighted by molar-refractivity contribution is 6.16. The Kier molecular flexibility index (Phi) is 7.46. The summed E-state index contributed by atoms with van der Waals surface area (Å²) in [6, 6.07) is 66.6. The first kappa shape index (κ1) is 31.9. The van der Waals surface area contributed by atoms with E-state index in [1.54, 1.807) is 0 Å². The molecule has 56 heavy (non-hydrogen) atoms. The van der Waals surface area contributed by atoms with Crippen LogP contribution in [0.1, 0.15) is 0 Å². The molecular weight excluding hydrogens is 681 g/mol. The first-order valence-electron chi connectivity index (χ1n) is 18.9. The van der Waals surface area contributed by atoms with Gasteiger partial charge in [-0.25, -0.2) is 15.0 Å². The summed E-state index contributed by atoms with van der Waals surface area (Å²) in [5.74, 6) is 1.84. The van der Waals surface area contributed by atoms with E-state index in [2.05, 4.69) is 157 Å². The van der Waals surface area contributed by atoms with Gasteiger partial charge in [0.2, 0.25) is 0 Å². The minimum absolute atomic E-state index is 0.610. The fourth-order valence-electron chi connectivity index (χ4n) is 8.22. The van der Waals surface area contributed by atoms with E-state index in [1.165, 1.54) is 43.1 Å². The highest BCUT2D eigenvalue weighted by atomic mass is 15.0. The van der Waals surface area contributed by atoms with Crippen LogP contribution in [0.4, 0.5) is 0 Å². The lowest BCUT2D eigenvalue weighted by atomic mass is 9.88. The van der Waals surface area contributed by atoms with E-state index in [4.69, 9.17) is 15.0 Å². The summed E-state index contributed by atoms with van der Waals surface area (Å²) in [4.78, 5) is 20.1. The molecule has 4 heteroatoms. The van der Waals surface area contributed by atoms with Gasteiger partial charge < -0.3 is 0 Å². The molecule has 0 N–H and O–H groups in total. The van der Waals surface area contributed by atoms with Gasteiger partial charge in [0, 0.05) is 28.3 Å². The molecule has 0 saturated heterocycles. The fraction of sp³-hybridized carbons (Fsp3) is 0. The predicted octanol–water partition coefficient (Wildman–Crippen LogP) is 13.4. The normalized spacial score (nSPS) is 11.6. The molecule has 0 radical (unpaired) electrons. The molecule has 260 valence electrons. The van der Waals surface area contributed by atoms with Crippen molar-refractivity contribution < 1.29 is 0 Å². The molecule has 0 unspecified atom stereocenters. The van der Waals surface area contributed by atoms with Gasteiger partial charge in [0.1, 0.15) is 0 Å². The van der Waals surface area contributed by atoms with Gasteiger partial charge in [-0.2, -0.15) is 0 Å². The molecule has 0 atom stereocenters. The molecule has 11 rings (SSSR count). The van der Waals surface area contributed by atoms with Crippen LogP contribution in [-0.2, 0) is 0 Å². The SMILES string of the molecule is c1ccc(-c2nc(-c3cc(-c4cc5ccccc5c5ccccc45)cc(-c4cc5ccccc5c5ccccc45)c3)nc(-c3ccc4ncccc4c3)n2)cc1. The van der Waals surface area contributed by atoms with E-state index in [0.717, 1.165) is 49.8 Å². The minimum Gasteiger partial charge on any atom is -0.256 e. The number of aromatic nitrogens is 4. The summed E-state index contributed by atoms with van der Waals surface area (Å²) in [5, 5.41) is 10.8. The number of pyridine rings is 1. The summed E-state index contributed by atoms with van der Waals surface area (Å²) in [6.07, 6.45) is 1.82. The average molecular weight is 713 g/mol. The number of benzene rings is 9. The van der Waals surface area contributed by atoms with Crippen molar-refractivity contribution in [3.63, 3.8) is 0 Å². The molecule has 0 aliphatic rings. The predicted molar refractivity (Wildman–Crippen MR) is 232 cm³/mol. The minimum atomic E-state index is 0.610. The second kappa shape index (κ2) is 13.1. The number of fused-ring (bicyclic) bond motifs is 7. The van der Waals surface area contributed by atoms with E-state index in [1.807, 2.05) is 42.6 Å². The van der Waals surface area contributed by atoms with Gasteiger partial charge >= 0.3 is 0 Å². The van der Waals surface area contributed by atoms with Crippen molar-refractivity contribution >= 4 is 54.0 Å². The summed E-state index contributed by atoms with van der Waals surface area (Å²) in [5.41, 5.74) is 8.18. The molecule has 4 nitrogen and oxygen atoms in total. The maximum Gasteiger partial charge on any atom is 0.164 e. The lowest BCUT2D eigenvalue weighted by Crippen LogP contribution is -2.01. The van der Waals surface area contributed by atoms with Crippen molar-refractivity contribution in [3.8, 4) is 56.4 Å². The van der Waals surface area contributed by atoms with Gasteiger partial charge in [-0.15, -0.1) is 0 Å². The van der Waals surface area contributed by atoms with Crippen LogP contribution in [0.3, 0.4) is 0 Å². The van der Waals surface area contributed by atoms with Crippen LogP contribution in [0.2, 0.25) is 0 Å². The zero-order valence-electron chi connectivity index (χ0n) is 30.3. The average Bonchev–Trinajstić information content (AvgIpc) is 3.28. The number of hydrogen-bond donors (Lipinski definition) is 0. The van der Waals surface area contributed by atoms with Gasteiger partial charge in [0.05, 0.1) is 5.52 Å². The Labute approximate surface area is 323 Å². The second-order valence-electron chi connectivity index (χ2n) is 14.3. The van der Waals surface area contributed by atoms with Crippen molar-refractivity contribution in [2.75, 3.05) is 0 Å². The lowest BCUT2D eigenvalue weighted by Gasteiger charge is -2.16. The maximum absolute atomic E-state index is 5.26. The van der Waals surface area contributed by atoms with Gasteiger partial charge in [-0.3, -0.25) is 4.98 Å². The Morgan fingerprint density at radius 2 is 0.732 bits per heavy atom. The van der Waals surface area contributed by atoms with E-state index in [0.29, 0.717) is 17.5 Å². The summed E-state index contributed by atoms with van der Waals surface area (Å²) in [6.45, 7) is 0. The van der Waals surface area contributed by atoms with Crippen molar-refractivity contribution in [3.05, 3.63) is 194 Å². The van der Waals surface area contributed by atoms with Crippen LogP contribution < -0.4 is 0 Å². The Bertz CT molecular complexity index is 3180. The highest BCUT2D eigenvalue weighted by Crippen LogP contribution is 2.41. The third-order valence-corrected chi connectivity index (χ3v) is 10.9.